The summed E-state index contributed by atoms with van der Waals surface area (Å²) in [5, 5.41) is 0.666. The lowest BCUT2D eigenvalue weighted by molar-refractivity contribution is -0.137. The minimum Gasteiger partial charge on any atom is -0.379 e. The molecule has 1 aromatic carbocycles. The van der Waals surface area contributed by atoms with Gasteiger partial charge in [0, 0.05) is 43.2 Å². The lowest BCUT2D eigenvalue weighted by Crippen LogP contribution is -2.37. The highest BCUT2D eigenvalue weighted by molar-refractivity contribution is 7.98. The van der Waals surface area contributed by atoms with Crippen molar-refractivity contribution in [1.82, 2.24) is 14.5 Å². The van der Waals surface area contributed by atoms with E-state index in [1.807, 2.05) is 0 Å². The van der Waals surface area contributed by atoms with Crippen LogP contribution in [-0.2, 0) is 36.1 Å². The van der Waals surface area contributed by atoms with Gasteiger partial charge in [-0.3, -0.25) is 9.47 Å². The normalized spacial score (nSPS) is 17.1. The van der Waals surface area contributed by atoms with E-state index in [-0.39, 0.29) is 5.69 Å². The number of aromatic nitrogens is 2. The van der Waals surface area contributed by atoms with E-state index in [0.29, 0.717) is 22.9 Å². The first kappa shape index (κ1) is 22.4. The second kappa shape index (κ2) is 9.75. The fourth-order valence-corrected chi connectivity index (χ4v) is 5.22. The molecule has 31 heavy (non-hydrogen) atoms. The average molecular weight is 454 g/mol. The zero-order valence-corrected chi connectivity index (χ0v) is 18.1. The number of alkyl halides is 3. The molecule has 4 rings (SSSR count). The number of hydrogen-bond donors (Lipinski definition) is 0. The molecule has 1 fully saturated rings. The van der Waals surface area contributed by atoms with E-state index in [0.717, 1.165) is 75.9 Å². The Morgan fingerprint density at radius 2 is 1.94 bits per heavy atom. The second-order valence-corrected chi connectivity index (χ2v) is 8.89. The first-order valence-electron chi connectivity index (χ1n) is 10.6. The van der Waals surface area contributed by atoms with Gasteiger partial charge in [0.05, 0.1) is 18.8 Å². The number of fused-ring (bicyclic) bond motifs is 1. The first-order valence-corrected chi connectivity index (χ1v) is 11.6. The minimum absolute atomic E-state index is 0.255. The summed E-state index contributed by atoms with van der Waals surface area (Å²) in [6.07, 6.45) is -0.799. The Labute approximate surface area is 183 Å². The fraction of sp³-hybridized carbons (Fsp3) is 0.545. The highest BCUT2D eigenvalue weighted by atomic mass is 32.2. The smallest absolute Gasteiger partial charge is 0.379 e. The number of halogens is 3. The standard InChI is InChI=1S/C22H26F3N3O2S/c23-22(24,25)17-5-1-4-16(14-17)15-31-20-18-6-2-7-19(18)28(21(29)26-20)9-3-8-27-10-12-30-13-11-27/h1,4-5,14H,2-3,6-13,15H2. The van der Waals surface area contributed by atoms with E-state index in [2.05, 4.69) is 9.88 Å². The molecular weight excluding hydrogens is 427 g/mol. The van der Waals surface area contributed by atoms with Crippen LogP contribution in [-0.4, -0.2) is 47.3 Å². The van der Waals surface area contributed by atoms with Crippen LogP contribution in [0.25, 0.3) is 0 Å². The summed E-state index contributed by atoms with van der Waals surface area (Å²) in [6.45, 7) is 4.94. The number of hydrogen-bond acceptors (Lipinski definition) is 5. The van der Waals surface area contributed by atoms with Gasteiger partial charge in [-0.1, -0.05) is 18.2 Å². The van der Waals surface area contributed by atoms with E-state index in [1.54, 1.807) is 10.6 Å². The van der Waals surface area contributed by atoms with E-state index >= 15 is 0 Å². The second-order valence-electron chi connectivity index (χ2n) is 7.92. The number of ether oxygens (including phenoxy) is 1. The molecule has 1 aromatic heterocycles. The van der Waals surface area contributed by atoms with E-state index < -0.39 is 11.7 Å². The summed E-state index contributed by atoms with van der Waals surface area (Å²) < 4.78 is 46.0. The highest BCUT2D eigenvalue weighted by Crippen LogP contribution is 2.33. The molecule has 0 N–H and O–H groups in total. The van der Waals surface area contributed by atoms with Gasteiger partial charge in [0.2, 0.25) is 0 Å². The van der Waals surface area contributed by atoms with Crippen molar-refractivity contribution in [3.8, 4) is 0 Å². The number of morpholine rings is 1. The zero-order valence-electron chi connectivity index (χ0n) is 17.3. The monoisotopic (exact) mass is 453 g/mol. The molecular formula is C22H26F3N3O2S. The SMILES string of the molecule is O=c1nc(SCc2cccc(C(F)(F)F)c2)c2c(n1CCCN1CCOCC1)CCC2. The molecule has 168 valence electrons. The molecule has 0 radical (unpaired) electrons. The number of rotatable bonds is 7. The Morgan fingerprint density at radius 3 is 2.71 bits per heavy atom. The molecule has 0 bridgehead atoms. The van der Waals surface area contributed by atoms with Gasteiger partial charge in [0.25, 0.3) is 0 Å². The molecule has 0 saturated carbocycles. The van der Waals surface area contributed by atoms with E-state index in [1.165, 1.54) is 23.9 Å². The Hall–Kier alpha value is -1.84. The van der Waals surface area contributed by atoms with Gasteiger partial charge in [-0.2, -0.15) is 18.2 Å². The quantitative estimate of drug-likeness (QED) is 0.472. The van der Waals surface area contributed by atoms with Crippen LogP contribution in [0, 0.1) is 0 Å². The molecule has 2 heterocycles. The highest BCUT2D eigenvalue weighted by Gasteiger charge is 2.30. The van der Waals surface area contributed by atoms with Crippen molar-refractivity contribution in [3.05, 3.63) is 57.1 Å². The van der Waals surface area contributed by atoms with Gasteiger partial charge >= 0.3 is 11.9 Å². The Morgan fingerprint density at radius 1 is 1.13 bits per heavy atom. The number of thioether (sulfide) groups is 1. The number of nitrogens with zero attached hydrogens (tertiary/aromatic N) is 3. The summed E-state index contributed by atoms with van der Waals surface area (Å²) in [5.41, 5.74) is 1.80. The molecule has 1 saturated heterocycles. The third-order valence-electron chi connectivity index (χ3n) is 5.79. The van der Waals surface area contributed by atoms with Gasteiger partial charge in [-0.05, 0) is 37.3 Å². The van der Waals surface area contributed by atoms with E-state index in [9.17, 15) is 18.0 Å². The fourth-order valence-electron chi connectivity index (χ4n) is 4.20. The summed E-state index contributed by atoms with van der Waals surface area (Å²) in [5.74, 6) is 0.351. The van der Waals surface area contributed by atoms with E-state index in [4.69, 9.17) is 4.74 Å². The van der Waals surface area contributed by atoms with Crippen LogP contribution in [0.1, 0.15) is 35.2 Å². The van der Waals surface area contributed by atoms with Crippen LogP contribution in [0.4, 0.5) is 13.2 Å². The maximum Gasteiger partial charge on any atom is 0.416 e. The maximum atomic E-state index is 13.0. The Kier molecular flexibility index (Phi) is 7.03. The zero-order chi connectivity index (χ0) is 21.8. The van der Waals surface area contributed by atoms with Crippen LogP contribution < -0.4 is 5.69 Å². The summed E-state index contributed by atoms with van der Waals surface area (Å²) in [4.78, 5) is 19.4. The Bertz CT molecular complexity index is 971. The third-order valence-corrected chi connectivity index (χ3v) is 6.88. The molecule has 0 amide bonds. The van der Waals surface area contributed by atoms with Crippen LogP contribution >= 0.6 is 11.8 Å². The van der Waals surface area contributed by atoms with Crippen molar-refractivity contribution in [2.24, 2.45) is 0 Å². The predicted octanol–water partition coefficient (Wildman–Crippen LogP) is 3.77. The third kappa shape index (κ3) is 5.51. The maximum absolute atomic E-state index is 13.0. The van der Waals surface area contributed by atoms with Gasteiger partial charge in [-0.25, -0.2) is 4.79 Å². The minimum atomic E-state index is -4.36. The van der Waals surface area contributed by atoms with Gasteiger partial charge in [-0.15, -0.1) is 11.8 Å². The van der Waals surface area contributed by atoms with Crippen LogP contribution in [0.5, 0.6) is 0 Å². The van der Waals surface area contributed by atoms with Crippen molar-refractivity contribution in [2.45, 2.75) is 49.2 Å². The Balaban J connectivity index is 1.44. The summed E-state index contributed by atoms with van der Waals surface area (Å²) >= 11 is 1.35. The summed E-state index contributed by atoms with van der Waals surface area (Å²) in [6, 6.07) is 5.33. The predicted molar refractivity (Wildman–Crippen MR) is 113 cm³/mol. The average Bonchev–Trinajstić information content (AvgIpc) is 3.24. The van der Waals surface area contributed by atoms with Crippen LogP contribution in [0.2, 0.25) is 0 Å². The topological polar surface area (TPSA) is 47.4 Å². The van der Waals surface area contributed by atoms with Crippen LogP contribution in [0.3, 0.4) is 0 Å². The molecule has 1 aliphatic carbocycles. The molecule has 0 atom stereocenters. The van der Waals surface area contributed by atoms with Crippen molar-refractivity contribution < 1.29 is 17.9 Å². The number of benzene rings is 1. The molecule has 1 aliphatic heterocycles. The van der Waals surface area contributed by atoms with Crippen molar-refractivity contribution in [1.29, 1.82) is 0 Å². The largest absolute Gasteiger partial charge is 0.416 e. The molecule has 5 nitrogen and oxygen atoms in total. The van der Waals surface area contributed by atoms with Crippen molar-refractivity contribution in [2.75, 3.05) is 32.8 Å². The van der Waals surface area contributed by atoms with Gasteiger partial charge < -0.3 is 4.74 Å². The molecule has 2 aliphatic rings. The molecule has 9 heteroatoms. The first-order chi connectivity index (χ1) is 14.9. The molecule has 0 spiro atoms. The lowest BCUT2D eigenvalue weighted by Gasteiger charge is -2.26. The molecule has 0 unspecified atom stereocenters. The van der Waals surface area contributed by atoms with Crippen molar-refractivity contribution in [3.63, 3.8) is 0 Å². The lowest BCUT2D eigenvalue weighted by atomic mass is 10.1. The van der Waals surface area contributed by atoms with Gasteiger partial charge in [0.15, 0.2) is 0 Å². The van der Waals surface area contributed by atoms with Crippen molar-refractivity contribution >= 4 is 11.8 Å². The summed E-state index contributed by atoms with van der Waals surface area (Å²) in [7, 11) is 0. The van der Waals surface area contributed by atoms with Crippen LogP contribution in [0.15, 0.2) is 34.1 Å². The van der Waals surface area contributed by atoms with Gasteiger partial charge in [0.1, 0.15) is 5.03 Å². The molecule has 2 aromatic rings.